The number of carbonyl (C=O) groups is 1. The topological polar surface area (TPSA) is 26.3 Å². The van der Waals surface area contributed by atoms with Gasteiger partial charge in [-0.3, -0.25) is 4.79 Å². The smallest absolute Gasteiger partial charge is 0.206 e. The summed E-state index contributed by atoms with van der Waals surface area (Å²) >= 11 is 1.50. The van der Waals surface area contributed by atoms with Crippen molar-refractivity contribution >= 4 is 17.1 Å². The average Bonchev–Trinajstić information content (AvgIpc) is 2.86. The van der Waals surface area contributed by atoms with E-state index in [1.165, 1.54) is 11.3 Å². The zero-order valence-corrected chi connectivity index (χ0v) is 12.3. The van der Waals surface area contributed by atoms with Gasteiger partial charge in [-0.05, 0) is 49.4 Å². The van der Waals surface area contributed by atoms with Crippen molar-refractivity contribution in [3.63, 3.8) is 0 Å². The molecule has 0 atom stereocenters. The van der Waals surface area contributed by atoms with Gasteiger partial charge >= 0.3 is 0 Å². The zero-order valence-electron chi connectivity index (χ0n) is 11.5. The first-order valence-corrected chi connectivity index (χ1v) is 7.38. The number of aryl methyl sites for hydroxylation is 1. The van der Waals surface area contributed by atoms with E-state index in [0.717, 1.165) is 16.9 Å². The van der Waals surface area contributed by atoms with E-state index in [0.29, 0.717) is 11.3 Å². The van der Waals surface area contributed by atoms with Crippen molar-refractivity contribution in [2.75, 3.05) is 0 Å². The molecule has 0 amide bonds. The molecule has 0 aliphatic rings. The summed E-state index contributed by atoms with van der Waals surface area (Å²) < 4.78 is 5.72. The van der Waals surface area contributed by atoms with Crippen molar-refractivity contribution in [3.05, 3.63) is 51.7 Å². The van der Waals surface area contributed by atoms with E-state index in [4.69, 9.17) is 4.74 Å². The minimum absolute atomic E-state index is 0.0583. The number of thiophene rings is 1. The predicted octanol–water partition coefficient (Wildman–Crippen LogP) is 4.33. The molecule has 1 aromatic heterocycles. The standard InChI is InChI=1S/C16H18O2S/c1-4-12-9-10-19-16(12)15(17)13-7-5-6-8-14(13)18-11(2)3/h5-11H,4H2,1-3H3. The lowest BCUT2D eigenvalue weighted by Crippen LogP contribution is -2.10. The van der Waals surface area contributed by atoms with Gasteiger partial charge in [-0.1, -0.05) is 19.1 Å². The van der Waals surface area contributed by atoms with Crippen LogP contribution >= 0.6 is 11.3 Å². The summed E-state index contributed by atoms with van der Waals surface area (Å²) in [6.45, 7) is 5.99. The third kappa shape index (κ3) is 3.04. The summed E-state index contributed by atoms with van der Waals surface area (Å²) in [6.07, 6.45) is 0.931. The van der Waals surface area contributed by atoms with Crippen LogP contribution in [0.25, 0.3) is 0 Å². The molecule has 0 aliphatic carbocycles. The Balaban J connectivity index is 2.39. The first-order valence-electron chi connectivity index (χ1n) is 6.50. The van der Waals surface area contributed by atoms with Crippen LogP contribution in [0.15, 0.2) is 35.7 Å². The molecule has 0 spiro atoms. The van der Waals surface area contributed by atoms with E-state index in [1.807, 2.05) is 49.6 Å². The Morgan fingerprint density at radius 3 is 2.68 bits per heavy atom. The van der Waals surface area contributed by atoms with Crippen LogP contribution in [0.5, 0.6) is 5.75 Å². The molecular formula is C16H18O2S. The Morgan fingerprint density at radius 2 is 2.00 bits per heavy atom. The summed E-state index contributed by atoms with van der Waals surface area (Å²) in [7, 11) is 0. The lowest BCUT2D eigenvalue weighted by atomic mass is 10.0. The van der Waals surface area contributed by atoms with Gasteiger partial charge in [-0.25, -0.2) is 0 Å². The Labute approximate surface area is 118 Å². The second-order valence-corrected chi connectivity index (χ2v) is 5.54. The lowest BCUT2D eigenvalue weighted by molar-refractivity contribution is 0.103. The van der Waals surface area contributed by atoms with Gasteiger partial charge in [0.25, 0.3) is 0 Å². The van der Waals surface area contributed by atoms with Gasteiger partial charge in [0, 0.05) is 0 Å². The Bertz CT molecular complexity index is 570. The Morgan fingerprint density at radius 1 is 1.26 bits per heavy atom. The molecule has 100 valence electrons. The van der Waals surface area contributed by atoms with E-state index in [2.05, 4.69) is 6.92 Å². The summed E-state index contributed by atoms with van der Waals surface area (Å²) in [5.41, 5.74) is 1.75. The molecule has 19 heavy (non-hydrogen) atoms. The van der Waals surface area contributed by atoms with Gasteiger partial charge in [-0.15, -0.1) is 11.3 Å². The molecule has 1 heterocycles. The molecule has 0 saturated carbocycles. The third-order valence-corrected chi connectivity index (χ3v) is 3.78. The maximum Gasteiger partial charge on any atom is 0.206 e. The maximum atomic E-state index is 12.6. The molecule has 2 aromatic rings. The quantitative estimate of drug-likeness (QED) is 0.759. The van der Waals surface area contributed by atoms with Gasteiger partial charge in [0.15, 0.2) is 0 Å². The highest BCUT2D eigenvalue weighted by Crippen LogP contribution is 2.27. The Hall–Kier alpha value is -1.61. The predicted molar refractivity (Wildman–Crippen MR) is 79.3 cm³/mol. The molecule has 0 saturated heterocycles. The first kappa shape index (κ1) is 13.8. The summed E-state index contributed by atoms with van der Waals surface area (Å²) in [4.78, 5) is 13.4. The molecule has 0 N–H and O–H groups in total. The number of hydrogen-bond donors (Lipinski definition) is 0. The second-order valence-electron chi connectivity index (χ2n) is 4.62. The highest BCUT2D eigenvalue weighted by molar-refractivity contribution is 7.12. The summed E-state index contributed by atoms with van der Waals surface area (Å²) in [5, 5.41) is 1.97. The van der Waals surface area contributed by atoms with Crippen molar-refractivity contribution in [1.82, 2.24) is 0 Å². The van der Waals surface area contributed by atoms with Crippen LogP contribution in [-0.2, 0) is 6.42 Å². The van der Waals surface area contributed by atoms with Gasteiger partial charge in [0.05, 0.1) is 16.5 Å². The van der Waals surface area contributed by atoms with Crippen molar-refractivity contribution in [3.8, 4) is 5.75 Å². The fraction of sp³-hybridized carbons (Fsp3) is 0.312. The van der Waals surface area contributed by atoms with E-state index in [1.54, 1.807) is 0 Å². The molecule has 0 aliphatic heterocycles. The van der Waals surface area contributed by atoms with Gasteiger partial charge in [-0.2, -0.15) is 0 Å². The van der Waals surface area contributed by atoms with Crippen molar-refractivity contribution in [2.24, 2.45) is 0 Å². The summed E-state index contributed by atoms with van der Waals surface area (Å²) in [5.74, 6) is 0.723. The molecule has 1 aromatic carbocycles. The number of rotatable bonds is 5. The molecular weight excluding hydrogens is 256 g/mol. The number of benzene rings is 1. The Kier molecular flexibility index (Phi) is 4.38. The minimum atomic E-state index is 0.0583. The second kappa shape index (κ2) is 6.02. The van der Waals surface area contributed by atoms with Crippen LogP contribution in [0, 0.1) is 0 Å². The zero-order chi connectivity index (χ0) is 13.8. The molecule has 0 bridgehead atoms. The van der Waals surface area contributed by atoms with Crippen LogP contribution in [-0.4, -0.2) is 11.9 Å². The van der Waals surface area contributed by atoms with Crippen LogP contribution in [0.4, 0.5) is 0 Å². The SMILES string of the molecule is CCc1ccsc1C(=O)c1ccccc1OC(C)C. The molecule has 0 fully saturated rings. The highest BCUT2D eigenvalue weighted by atomic mass is 32.1. The van der Waals surface area contributed by atoms with Gasteiger partial charge < -0.3 is 4.74 Å². The molecule has 2 nitrogen and oxygen atoms in total. The van der Waals surface area contributed by atoms with Crippen LogP contribution in [0.1, 0.15) is 41.6 Å². The lowest BCUT2D eigenvalue weighted by Gasteiger charge is -2.13. The van der Waals surface area contributed by atoms with Crippen LogP contribution < -0.4 is 4.74 Å². The average molecular weight is 274 g/mol. The normalized spacial score (nSPS) is 10.7. The fourth-order valence-electron chi connectivity index (χ4n) is 1.95. The van der Waals surface area contributed by atoms with Crippen molar-refractivity contribution < 1.29 is 9.53 Å². The van der Waals surface area contributed by atoms with E-state index in [9.17, 15) is 4.79 Å². The third-order valence-electron chi connectivity index (χ3n) is 2.83. The van der Waals surface area contributed by atoms with Crippen molar-refractivity contribution in [2.45, 2.75) is 33.3 Å². The fourth-order valence-corrected chi connectivity index (χ4v) is 2.90. The van der Waals surface area contributed by atoms with Gasteiger partial charge in [0.1, 0.15) is 5.75 Å². The first-order chi connectivity index (χ1) is 9.13. The maximum absolute atomic E-state index is 12.6. The number of ether oxygens (including phenoxy) is 1. The van der Waals surface area contributed by atoms with Crippen molar-refractivity contribution in [1.29, 1.82) is 0 Å². The molecule has 0 unspecified atom stereocenters. The number of para-hydroxylation sites is 1. The van der Waals surface area contributed by atoms with E-state index < -0.39 is 0 Å². The molecule has 3 heteroatoms. The van der Waals surface area contributed by atoms with Crippen LogP contribution in [0.3, 0.4) is 0 Å². The number of ketones is 1. The number of hydrogen-bond acceptors (Lipinski definition) is 3. The highest BCUT2D eigenvalue weighted by Gasteiger charge is 2.18. The molecule has 2 rings (SSSR count). The summed E-state index contributed by atoms with van der Waals surface area (Å²) in [6, 6.07) is 9.47. The van der Waals surface area contributed by atoms with Crippen LogP contribution in [0.2, 0.25) is 0 Å². The minimum Gasteiger partial charge on any atom is -0.490 e. The van der Waals surface area contributed by atoms with Gasteiger partial charge in [0.2, 0.25) is 5.78 Å². The largest absolute Gasteiger partial charge is 0.490 e. The monoisotopic (exact) mass is 274 g/mol. The van der Waals surface area contributed by atoms with E-state index >= 15 is 0 Å². The number of carbonyl (C=O) groups excluding carboxylic acids is 1. The molecule has 0 radical (unpaired) electrons. The van der Waals surface area contributed by atoms with E-state index in [-0.39, 0.29) is 11.9 Å².